The smallest absolute Gasteiger partial charge is 0.230 e. The highest BCUT2D eigenvalue weighted by Crippen LogP contribution is 2.26. The molecule has 3 aromatic heterocycles. The van der Waals surface area contributed by atoms with Gasteiger partial charge in [-0.05, 0) is 44.0 Å². The fraction of sp³-hybridized carbons (Fsp3) is 0.318. The summed E-state index contributed by atoms with van der Waals surface area (Å²) in [6, 6.07) is 7.99. The maximum Gasteiger partial charge on any atom is 0.230 e. The number of carbonyl (C=O) groups excluding carboxylic acids is 1. The van der Waals surface area contributed by atoms with Crippen LogP contribution in [-0.2, 0) is 4.79 Å². The summed E-state index contributed by atoms with van der Waals surface area (Å²) in [6.07, 6.45) is 3.22. The highest BCUT2D eigenvalue weighted by atomic mass is 16.2. The Kier molecular flexibility index (Phi) is 4.64. The van der Waals surface area contributed by atoms with E-state index in [0.29, 0.717) is 17.3 Å². The van der Waals surface area contributed by atoms with Gasteiger partial charge in [0.1, 0.15) is 12.1 Å². The molecule has 0 aliphatic rings. The number of benzene rings is 1. The minimum absolute atomic E-state index is 0.0974. The summed E-state index contributed by atoms with van der Waals surface area (Å²) in [5.41, 5.74) is 4.24. The number of nitrogens with zero attached hydrogens (tertiary/aromatic N) is 6. The van der Waals surface area contributed by atoms with Gasteiger partial charge in [-0.25, -0.2) is 14.6 Å². The summed E-state index contributed by atoms with van der Waals surface area (Å²) in [4.78, 5) is 21.4. The van der Waals surface area contributed by atoms with E-state index in [-0.39, 0.29) is 5.91 Å². The molecule has 0 fully saturated rings. The molecule has 4 aromatic rings. The molecule has 0 bridgehead atoms. The Balaban J connectivity index is 1.83. The van der Waals surface area contributed by atoms with Crippen molar-refractivity contribution in [2.24, 2.45) is 5.41 Å². The first-order valence-corrected chi connectivity index (χ1v) is 9.80. The minimum atomic E-state index is -0.530. The summed E-state index contributed by atoms with van der Waals surface area (Å²) in [6.45, 7) is 11.6. The number of aromatic nitrogens is 6. The van der Waals surface area contributed by atoms with Crippen molar-refractivity contribution < 1.29 is 4.79 Å². The molecule has 0 aliphatic carbocycles. The standard InChI is InChI=1S/C22H25N7O/c1-13-7-8-16(9-14(13)2)28-19-17(11-25-28)20(24-12-23-19)29-18(10-15(3)27-29)26-21(30)22(4,5)6/h7-12H,1-6H3,(H,26,30). The third-order valence-corrected chi connectivity index (χ3v) is 5.03. The van der Waals surface area contributed by atoms with Crippen LogP contribution < -0.4 is 5.32 Å². The summed E-state index contributed by atoms with van der Waals surface area (Å²) in [5.74, 6) is 1.03. The molecule has 1 N–H and O–H groups in total. The second-order valence-electron chi connectivity index (χ2n) is 8.55. The summed E-state index contributed by atoms with van der Waals surface area (Å²) < 4.78 is 3.42. The summed E-state index contributed by atoms with van der Waals surface area (Å²) >= 11 is 0. The lowest BCUT2D eigenvalue weighted by Gasteiger charge is -2.18. The average molecular weight is 403 g/mol. The van der Waals surface area contributed by atoms with E-state index in [0.717, 1.165) is 16.8 Å². The molecule has 0 radical (unpaired) electrons. The third kappa shape index (κ3) is 3.45. The van der Waals surface area contributed by atoms with Crippen molar-refractivity contribution in [3.8, 4) is 11.5 Å². The van der Waals surface area contributed by atoms with Crippen LogP contribution in [-0.4, -0.2) is 35.4 Å². The zero-order chi connectivity index (χ0) is 21.6. The van der Waals surface area contributed by atoms with Gasteiger partial charge in [0, 0.05) is 11.5 Å². The number of nitrogens with one attached hydrogen (secondary N) is 1. The molecule has 0 spiro atoms. The van der Waals surface area contributed by atoms with Gasteiger partial charge in [-0.2, -0.15) is 14.9 Å². The number of amides is 1. The Morgan fingerprint density at radius 1 is 1.00 bits per heavy atom. The number of hydrogen-bond donors (Lipinski definition) is 1. The first-order chi connectivity index (χ1) is 14.1. The Morgan fingerprint density at radius 3 is 2.47 bits per heavy atom. The molecular weight excluding hydrogens is 378 g/mol. The Morgan fingerprint density at radius 2 is 1.77 bits per heavy atom. The maximum absolute atomic E-state index is 12.5. The van der Waals surface area contributed by atoms with E-state index in [9.17, 15) is 4.79 Å². The van der Waals surface area contributed by atoms with Gasteiger partial charge in [-0.1, -0.05) is 26.8 Å². The van der Waals surface area contributed by atoms with Crippen LogP contribution in [0.5, 0.6) is 0 Å². The maximum atomic E-state index is 12.5. The minimum Gasteiger partial charge on any atom is -0.310 e. The van der Waals surface area contributed by atoms with E-state index in [1.54, 1.807) is 15.6 Å². The molecule has 154 valence electrons. The van der Waals surface area contributed by atoms with Crippen molar-refractivity contribution in [2.45, 2.75) is 41.5 Å². The normalized spacial score (nSPS) is 11.8. The molecule has 0 atom stereocenters. The summed E-state index contributed by atoms with van der Waals surface area (Å²) in [5, 5.41) is 12.8. The summed E-state index contributed by atoms with van der Waals surface area (Å²) in [7, 11) is 0. The molecule has 4 rings (SSSR count). The lowest BCUT2D eigenvalue weighted by Crippen LogP contribution is -2.28. The van der Waals surface area contributed by atoms with Crippen LogP contribution in [0.1, 0.15) is 37.6 Å². The van der Waals surface area contributed by atoms with E-state index in [1.165, 1.54) is 17.5 Å². The molecular formula is C22H25N7O. The number of rotatable bonds is 3. The Bertz CT molecular complexity index is 1260. The van der Waals surface area contributed by atoms with Crippen LogP contribution in [0.25, 0.3) is 22.5 Å². The molecule has 8 heteroatoms. The molecule has 3 heterocycles. The molecule has 0 saturated carbocycles. The zero-order valence-corrected chi connectivity index (χ0v) is 18.1. The first-order valence-electron chi connectivity index (χ1n) is 9.80. The molecule has 0 unspecified atom stereocenters. The predicted octanol–water partition coefficient (Wildman–Crippen LogP) is 3.91. The van der Waals surface area contributed by atoms with Crippen molar-refractivity contribution >= 4 is 22.8 Å². The number of carbonyl (C=O) groups is 1. The van der Waals surface area contributed by atoms with Gasteiger partial charge in [0.2, 0.25) is 5.91 Å². The van der Waals surface area contributed by atoms with Crippen LogP contribution in [0.4, 0.5) is 5.82 Å². The van der Waals surface area contributed by atoms with Crippen molar-refractivity contribution in [3.05, 3.63) is 53.6 Å². The van der Waals surface area contributed by atoms with Crippen LogP contribution in [0.15, 0.2) is 36.8 Å². The van der Waals surface area contributed by atoms with Crippen molar-refractivity contribution in [2.75, 3.05) is 5.32 Å². The molecule has 0 aliphatic heterocycles. The van der Waals surface area contributed by atoms with E-state index in [1.807, 2.05) is 39.8 Å². The van der Waals surface area contributed by atoms with Crippen LogP contribution in [0.3, 0.4) is 0 Å². The second-order valence-corrected chi connectivity index (χ2v) is 8.55. The Labute approximate surface area is 175 Å². The average Bonchev–Trinajstić information content (AvgIpc) is 3.26. The number of hydrogen-bond acceptors (Lipinski definition) is 5. The van der Waals surface area contributed by atoms with Gasteiger partial charge in [0.25, 0.3) is 0 Å². The molecule has 0 saturated heterocycles. The van der Waals surface area contributed by atoms with Gasteiger partial charge in [0.05, 0.1) is 23.0 Å². The molecule has 1 amide bonds. The van der Waals surface area contributed by atoms with Crippen molar-refractivity contribution in [1.82, 2.24) is 29.5 Å². The van der Waals surface area contributed by atoms with Crippen LogP contribution >= 0.6 is 0 Å². The number of anilines is 1. The van der Waals surface area contributed by atoms with Gasteiger partial charge in [-0.3, -0.25) is 4.79 Å². The fourth-order valence-corrected chi connectivity index (χ4v) is 3.10. The largest absolute Gasteiger partial charge is 0.310 e. The van der Waals surface area contributed by atoms with E-state index in [2.05, 4.69) is 51.5 Å². The van der Waals surface area contributed by atoms with Gasteiger partial charge >= 0.3 is 0 Å². The fourth-order valence-electron chi connectivity index (χ4n) is 3.10. The van der Waals surface area contributed by atoms with Gasteiger partial charge < -0.3 is 5.32 Å². The first kappa shape index (κ1) is 19.8. The topological polar surface area (TPSA) is 90.5 Å². The second kappa shape index (κ2) is 7.05. The quantitative estimate of drug-likeness (QED) is 0.560. The number of aryl methyl sites for hydroxylation is 3. The van der Waals surface area contributed by atoms with Gasteiger partial charge in [0.15, 0.2) is 11.5 Å². The lowest BCUT2D eigenvalue weighted by molar-refractivity contribution is -0.123. The van der Waals surface area contributed by atoms with Crippen LogP contribution in [0.2, 0.25) is 0 Å². The highest BCUT2D eigenvalue weighted by molar-refractivity contribution is 5.94. The van der Waals surface area contributed by atoms with Crippen molar-refractivity contribution in [1.29, 1.82) is 0 Å². The van der Waals surface area contributed by atoms with E-state index in [4.69, 9.17) is 0 Å². The Hall–Kier alpha value is -3.55. The zero-order valence-electron chi connectivity index (χ0n) is 18.1. The molecule has 30 heavy (non-hydrogen) atoms. The monoisotopic (exact) mass is 403 g/mol. The molecule has 8 nitrogen and oxygen atoms in total. The van der Waals surface area contributed by atoms with Gasteiger partial charge in [-0.15, -0.1) is 0 Å². The predicted molar refractivity (Wildman–Crippen MR) is 116 cm³/mol. The van der Waals surface area contributed by atoms with Crippen molar-refractivity contribution in [3.63, 3.8) is 0 Å². The van der Waals surface area contributed by atoms with Crippen LogP contribution in [0, 0.1) is 26.2 Å². The highest BCUT2D eigenvalue weighted by Gasteiger charge is 2.24. The lowest BCUT2D eigenvalue weighted by atomic mass is 9.96. The molecule has 1 aromatic carbocycles. The number of fused-ring (bicyclic) bond motifs is 1. The van der Waals surface area contributed by atoms with E-state index < -0.39 is 5.41 Å². The third-order valence-electron chi connectivity index (χ3n) is 5.03. The van der Waals surface area contributed by atoms with E-state index >= 15 is 0 Å². The SMILES string of the molecule is Cc1cc(NC(=O)C(C)(C)C)n(-c2ncnc3c2cnn3-c2ccc(C)c(C)c2)n1.